The summed E-state index contributed by atoms with van der Waals surface area (Å²) in [5.41, 5.74) is 2.67. The Morgan fingerprint density at radius 3 is 2.06 bits per heavy atom. The third-order valence-electron chi connectivity index (χ3n) is 3.22. The Balaban J connectivity index is 0.000000574. The molecule has 3 aromatic rings. The second-order valence-electron chi connectivity index (χ2n) is 4.46. The summed E-state index contributed by atoms with van der Waals surface area (Å²) in [6, 6.07) is 17.6. The Labute approximate surface area is 109 Å². The molecule has 0 nitrogen and oxygen atoms in total. The fraction of sp³-hybridized carbons (Fsp3) is 0.222. The van der Waals surface area contributed by atoms with E-state index in [1.54, 1.807) is 0 Å². The van der Waals surface area contributed by atoms with Gasteiger partial charge in [0.15, 0.2) is 0 Å². The molecule has 0 aliphatic carbocycles. The Hall–Kier alpha value is -1.82. The van der Waals surface area contributed by atoms with Crippen LogP contribution in [0.3, 0.4) is 0 Å². The Morgan fingerprint density at radius 1 is 0.667 bits per heavy atom. The van der Waals surface area contributed by atoms with Gasteiger partial charge >= 0.3 is 0 Å². The van der Waals surface area contributed by atoms with E-state index in [0.717, 1.165) is 0 Å². The molecule has 0 radical (unpaired) electrons. The van der Waals surface area contributed by atoms with Crippen LogP contribution in [0.4, 0.5) is 0 Å². The van der Waals surface area contributed by atoms with Gasteiger partial charge in [-0.05, 0) is 41.0 Å². The average Bonchev–Trinajstić information content (AvgIpc) is 2.42. The molecule has 0 saturated heterocycles. The lowest BCUT2D eigenvalue weighted by Gasteiger charge is -2.07. The van der Waals surface area contributed by atoms with Crippen molar-refractivity contribution in [2.45, 2.75) is 27.7 Å². The molecule has 3 rings (SSSR count). The van der Waals surface area contributed by atoms with Crippen LogP contribution in [0.1, 0.15) is 25.0 Å². The molecular formula is C18H20. The summed E-state index contributed by atoms with van der Waals surface area (Å²) in [5.74, 6) is 0. The van der Waals surface area contributed by atoms with E-state index in [1.165, 1.54) is 32.7 Å². The van der Waals surface area contributed by atoms with Crippen LogP contribution in [0.5, 0.6) is 0 Å². The summed E-state index contributed by atoms with van der Waals surface area (Å²) in [4.78, 5) is 0. The predicted molar refractivity (Wildman–Crippen MR) is 82.3 cm³/mol. The molecule has 0 aliphatic heterocycles. The number of hydrogen-bond donors (Lipinski definition) is 0. The van der Waals surface area contributed by atoms with Crippen molar-refractivity contribution in [2.24, 2.45) is 0 Å². The molecule has 0 aromatic heterocycles. The second-order valence-corrected chi connectivity index (χ2v) is 4.46. The van der Waals surface area contributed by atoms with E-state index in [2.05, 4.69) is 62.4 Å². The van der Waals surface area contributed by atoms with Crippen molar-refractivity contribution in [1.29, 1.82) is 0 Å². The first kappa shape index (κ1) is 12.6. The van der Waals surface area contributed by atoms with E-state index in [0.29, 0.717) is 0 Å². The van der Waals surface area contributed by atoms with Gasteiger partial charge in [0.25, 0.3) is 0 Å². The maximum atomic E-state index is 2.27. The van der Waals surface area contributed by atoms with Crippen LogP contribution in [-0.4, -0.2) is 0 Å². The summed E-state index contributed by atoms with van der Waals surface area (Å²) in [5, 5.41) is 5.42. The van der Waals surface area contributed by atoms with Crippen molar-refractivity contribution < 1.29 is 0 Å². The largest absolute Gasteiger partial charge is 0.0683 e. The van der Waals surface area contributed by atoms with Crippen LogP contribution >= 0.6 is 0 Å². The van der Waals surface area contributed by atoms with Crippen molar-refractivity contribution in [3.8, 4) is 0 Å². The molecule has 0 bridgehead atoms. The quantitative estimate of drug-likeness (QED) is 0.443. The van der Waals surface area contributed by atoms with Gasteiger partial charge in [0.1, 0.15) is 0 Å². The predicted octanol–water partition coefficient (Wildman–Crippen LogP) is 5.64. The van der Waals surface area contributed by atoms with Crippen molar-refractivity contribution in [3.05, 3.63) is 59.7 Å². The zero-order valence-corrected chi connectivity index (χ0v) is 11.6. The van der Waals surface area contributed by atoms with E-state index >= 15 is 0 Å². The van der Waals surface area contributed by atoms with Crippen molar-refractivity contribution in [2.75, 3.05) is 0 Å². The first-order chi connectivity index (χ1) is 8.75. The Morgan fingerprint density at radius 2 is 1.33 bits per heavy atom. The van der Waals surface area contributed by atoms with Gasteiger partial charge in [-0.15, -0.1) is 0 Å². The van der Waals surface area contributed by atoms with Gasteiger partial charge in [0.05, 0.1) is 0 Å². The monoisotopic (exact) mass is 236 g/mol. The van der Waals surface area contributed by atoms with E-state index < -0.39 is 0 Å². The van der Waals surface area contributed by atoms with Crippen molar-refractivity contribution in [3.63, 3.8) is 0 Å². The molecule has 92 valence electrons. The minimum absolute atomic E-state index is 1.32. The van der Waals surface area contributed by atoms with Gasteiger partial charge in [-0.3, -0.25) is 0 Å². The van der Waals surface area contributed by atoms with Crippen LogP contribution < -0.4 is 0 Å². The molecule has 18 heavy (non-hydrogen) atoms. The summed E-state index contributed by atoms with van der Waals surface area (Å²) >= 11 is 0. The van der Waals surface area contributed by atoms with Gasteiger partial charge in [-0.2, -0.15) is 0 Å². The highest BCUT2D eigenvalue weighted by atomic mass is 14.1. The topological polar surface area (TPSA) is 0 Å². The van der Waals surface area contributed by atoms with Crippen molar-refractivity contribution in [1.82, 2.24) is 0 Å². The highest BCUT2D eigenvalue weighted by molar-refractivity contribution is 6.09. The van der Waals surface area contributed by atoms with E-state index in [9.17, 15) is 0 Å². The highest BCUT2D eigenvalue weighted by Crippen LogP contribution is 2.28. The SMILES string of the molecule is CC.Cc1ccc2cc(C)c3ccccc3c2c1. The molecule has 0 fully saturated rings. The smallest absolute Gasteiger partial charge is 0.0103 e. The summed E-state index contributed by atoms with van der Waals surface area (Å²) in [7, 11) is 0. The minimum Gasteiger partial charge on any atom is -0.0683 e. The van der Waals surface area contributed by atoms with Crippen LogP contribution in [0.25, 0.3) is 21.5 Å². The van der Waals surface area contributed by atoms with Crippen LogP contribution in [-0.2, 0) is 0 Å². The number of fused-ring (bicyclic) bond motifs is 3. The van der Waals surface area contributed by atoms with Gasteiger partial charge < -0.3 is 0 Å². The van der Waals surface area contributed by atoms with Crippen LogP contribution in [0, 0.1) is 13.8 Å². The average molecular weight is 236 g/mol. The fourth-order valence-electron chi connectivity index (χ4n) is 2.40. The molecule has 0 heterocycles. The number of hydrogen-bond acceptors (Lipinski definition) is 0. The van der Waals surface area contributed by atoms with Gasteiger partial charge in [0, 0.05) is 0 Å². The fourth-order valence-corrected chi connectivity index (χ4v) is 2.40. The van der Waals surface area contributed by atoms with Crippen LogP contribution in [0.2, 0.25) is 0 Å². The highest BCUT2D eigenvalue weighted by Gasteiger charge is 2.02. The zero-order valence-electron chi connectivity index (χ0n) is 11.6. The maximum absolute atomic E-state index is 2.27. The summed E-state index contributed by atoms with van der Waals surface area (Å²) < 4.78 is 0. The van der Waals surface area contributed by atoms with E-state index in [4.69, 9.17) is 0 Å². The van der Waals surface area contributed by atoms with Gasteiger partial charge in [0.2, 0.25) is 0 Å². The van der Waals surface area contributed by atoms with Gasteiger partial charge in [-0.25, -0.2) is 0 Å². The summed E-state index contributed by atoms with van der Waals surface area (Å²) in [6.07, 6.45) is 0. The maximum Gasteiger partial charge on any atom is -0.0103 e. The first-order valence-corrected chi connectivity index (χ1v) is 6.64. The van der Waals surface area contributed by atoms with E-state index in [-0.39, 0.29) is 0 Å². The number of rotatable bonds is 0. The molecule has 0 heteroatoms. The number of aryl methyl sites for hydroxylation is 2. The molecule has 0 aliphatic rings. The molecule has 0 N–H and O–H groups in total. The molecule has 0 amide bonds. The molecule has 0 unspecified atom stereocenters. The molecule has 3 aromatic carbocycles. The standard InChI is InChI=1S/C16H14.C2H6/c1-11-7-8-13-10-12(2)14-5-3-4-6-15(14)16(13)9-11;1-2/h3-10H,1-2H3;1-2H3. The third-order valence-corrected chi connectivity index (χ3v) is 3.22. The Kier molecular flexibility index (Phi) is 3.66. The van der Waals surface area contributed by atoms with Gasteiger partial charge in [-0.1, -0.05) is 67.9 Å². The molecular weight excluding hydrogens is 216 g/mol. The van der Waals surface area contributed by atoms with E-state index in [1.807, 2.05) is 13.8 Å². The lowest BCUT2D eigenvalue weighted by atomic mass is 9.97. The first-order valence-electron chi connectivity index (χ1n) is 6.64. The third kappa shape index (κ3) is 2.11. The molecule has 0 spiro atoms. The Bertz CT molecular complexity index is 678. The minimum atomic E-state index is 1.32. The summed E-state index contributed by atoms with van der Waals surface area (Å²) in [6.45, 7) is 8.33. The lowest BCUT2D eigenvalue weighted by Crippen LogP contribution is -1.83. The van der Waals surface area contributed by atoms with Crippen molar-refractivity contribution >= 4 is 21.5 Å². The van der Waals surface area contributed by atoms with Crippen LogP contribution in [0.15, 0.2) is 48.5 Å². The zero-order chi connectivity index (χ0) is 13.1. The number of benzene rings is 3. The molecule has 0 atom stereocenters. The molecule has 0 saturated carbocycles. The normalized spacial score (nSPS) is 10.2. The lowest BCUT2D eigenvalue weighted by molar-refractivity contribution is 1.50. The second kappa shape index (κ2) is 5.22.